The summed E-state index contributed by atoms with van der Waals surface area (Å²) < 4.78 is 5.34. The molecule has 32 heavy (non-hydrogen) atoms. The van der Waals surface area contributed by atoms with E-state index in [9.17, 15) is 19.2 Å². The Morgan fingerprint density at radius 3 is 2.31 bits per heavy atom. The lowest BCUT2D eigenvalue weighted by Crippen LogP contribution is -2.62. The zero-order chi connectivity index (χ0) is 24.1. The maximum atomic E-state index is 12.6. The van der Waals surface area contributed by atoms with Crippen molar-refractivity contribution in [3.8, 4) is 0 Å². The summed E-state index contributed by atoms with van der Waals surface area (Å²) in [6, 6.07) is -0.919. The van der Waals surface area contributed by atoms with E-state index in [0.29, 0.717) is 12.3 Å². The van der Waals surface area contributed by atoms with E-state index in [4.69, 9.17) is 4.74 Å². The van der Waals surface area contributed by atoms with Gasteiger partial charge in [-0.15, -0.1) is 0 Å². The first-order chi connectivity index (χ1) is 14.9. The van der Waals surface area contributed by atoms with Crippen LogP contribution in [0.5, 0.6) is 0 Å². The number of piperidine rings is 1. The molecule has 2 aliphatic rings. The fraction of sp³-hybridized carbons (Fsp3) is 0.818. The van der Waals surface area contributed by atoms with E-state index in [1.54, 1.807) is 0 Å². The van der Waals surface area contributed by atoms with Crippen LogP contribution in [0.1, 0.15) is 66.2 Å². The Hall–Kier alpha value is -2.36. The summed E-state index contributed by atoms with van der Waals surface area (Å²) in [5.74, 6) is -0.313. The first kappa shape index (κ1) is 25.9. The molecular formula is C22H39N5O5. The summed E-state index contributed by atoms with van der Waals surface area (Å²) in [7, 11) is 3.48. The van der Waals surface area contributed by atoms with Crippen molar-refractivity contribution in [1.82, 2.24) is 25.8 Å². The molecule has 5 amide bonds. The molecule has 2 fully saturated rings. The minimum Gasteiger partial charge on any atom is -0.444 e. The highest BCUT2D eigenvalue weighted by atomic mass is 16.6. The predicted octanol–water partition coefficient (Wildman–Crippen LogP) is 1.79. The minimum atomic E-state index is -0.682. The van der Waals surface area contributed by atoms with Crippen LogP contribution in [0.25, 0.3) is 0 Å². The quantitative estimate of drug-likeness (QED) is 0.417. The summed E-state index contributed by atoms with van der Waals surface area (Å²) in [4.78, 5) is 52.1. The number of nitrogens with zero attached hydrogens (tertiary/aromatic N) is 2. The summed E-state index contributed by atoms with van der Waals surface area (Å²) in [5, 5.41) is 7.91. The van der Waals surface area contributed by atoms with E-state index in [-0.39, 0.29) is 36.7 Å². The number of carbonyl (C=O) groups excluding carboxylic acids is 4. The number of nitrogens with one attached hydrogen (secondary N) is 3. The van der Waals surface area contributed by atoms with E-state index in [1.165, 1.54) is 11.9 Å². The van der Waals surface area contributed by atoms with Gasteiger partial charge in [0.2, 0.25) is 11.8 Å². The number of hydrogen-bond acceptors (Lipinski definition) is 6. The minimum absolute atomic E-state index is 0.106. The predicted molar refractivity (Wildman–Crippen MR) is 120 cm³/mol. The van der Waals surface area contributed by atoms with Crippen molar-refractivity contribution in [2.45, 2.75) is 90.1 Å². The SMILES string of the molecule is CNC(=O)N(C1CCC(=O)NC1=O)C(C)N(C)C[C@H]1CC[C@H](NC(=O)OC(C)(C)C)CC1. The Morgan fingerprint density at radius 1 is 1.16 bits per heavy atom. The Balaban J connectivity index is 1.90. The number of hydrogen-bond donors (Lipinski definition) is 3. The van der Waals surface area contributed by atoms with Crippen LogP contribution >= 0.6 is 0 Å². The molecule has 0 aromatic rings. The van der Waals surface area contributed by atoms with Crippen LogP contribution in [-0.2, 0) is 14.3 Å². The van der Waals surface area contributed by atoms with Crippen molar-refractivity contribution in [1.29, 1.82) is 0 Å². The molecule has 1 heterocycles. The number of imide groups is 1. The number of ether oxygens (including phenoxy) is 1. The molecule has 1 saturated carbocycles. The smallest absolute Gasteiger partial charge is 0.407 e. The molecule has 10 heteroatoms. The van der Waals surface area contributed by atoms with Gasteiger partial charge in [0.05, 0.1) is 6.17 Å². The highest BCUT2D eigenvalue weighted by Crippen LogP contribution is 2.27. The Labute approximate surface area is 190 Å². The molecule has 0 aromatic heterocycles. The zero-order valence-electron chi connectivity index (χ0n) is 20.2. The highest BCUT2D eigenvalue weighted by molar-refractivity contribution is 6.01. The molecule has 1 aliphatic heterocycles. The second-order valence-corrected chi connectivity index (χ2v) is 9.86. The van der Waals surface area contributed by atoms with Crippen molar-refractivity contribution >= 4 is 23.9 Å². The van der Waals surface area contributed by atoms with Gasteiger partial charge >= 0.3 is 12.1 Å². The lowest BCUT2D eigenvalue weighted by molar-refractivity contribution is -0.138. The summed E-state index contributed by atoms with van der Waals surface area (Å²) in [5.41, 5.74) is -0.515. The highest BCUT2D eigenvalue weighted by Gasteiger charge is 2.38. The molecule has 0 spiro atoms. The second kappa shape index (κ2) is 11.0. The average molecular weight is 454 g/mol. The van der Waals surface area contributed by atoms with Gasteiger partial charge in [0.15, 0.2) is 0 Å². The molecule has 2 rings (SSSR count). The molecule has 182 valence electrons. The summed E-state index contributed by atoms with van der Waals surface area (Å²) in [6.07, 6.45) is 3.49. The molecule has 0 radical (unpaired) electrons. The third-order valence-corrected chi connectivity index (χ3v) is 6.15. The van der Waals surface area contributed by atoms with Gasteiger partial charge in [-0.1, -0.05) is 0 Å². The second-order valence-electron chi connectivity index (χ2n) is 9.86. The molecule has 0 bridgehead atoms. The van der Waals surface area contributed by atoms with Crippen molar-refractivity contribution in [3.05, 3.63) is 0 Å². The number of amides is 5. The molecule has 2 unspecified atom stereocenters. The molecule has 10 nitrogen and oxygen atoms in total. The van der Waals surface area contributed by atoms with E-state index in [1.807, 2.05) is 34.7 Å². The molecule has 3 N–H and O–H groups in total. The monoisotopic (exact) mass is 453 g/mol. The average Bonchev–Trinajstić information content (AvgIpc) is 2.69. The number of urea groups is 1. The fourth-order valence-electron chi connectivity index (χ4n) is 4.38. The summed E-state index contributed by atoms with van der Waals surface area (Å²) in [6.45, 7) is 8.20. The first-order valence-corrected chi connectivity index (χ1v) is 11.4. The van der Waals surface area contributed by atoms with Crippen molar-refractivity contribution < 1.29 is 23.9 Å². The van der Waals surface area contributed by atoms with Crippen LogP contribution in [0.4, 0.5) is 9.59 Å². The Bertz CT molecular complexity index is 699. The van der Waals surface area contributed by atoms with Crippen molar-refractivity contribution in [3.63, 3.8) is 0 Å². The van der Waals surface area contributed by atoms with Crippen LogP contribution < -0.4 is 16.0 Å². The van der Waals surface area contributed by atoms with Gasteiger partial charge < -0.3 is 15.4 Å². The molecule has 0 aromatic carbocycles. The van der Waals surface area contributed by atoms with Gasteiger partial charge in [0.1, 0.15) is 11.6 Å². The number of carbonyl (C=O) groups is 4. The van der Waals surface area contributed by atoms with E-state index >= 15 is 0 Å². The van der Waals surface area contributed by atoms with Gasteiger partial charge in [0, 0.05) is 26.1 Å². The van der Waals surface area contributed by atoms with E-state index in [0.717, 1.165) is 32.2 Å². The van der Waals surface area contributed by atoms with Gasteiger partial charge in [0.25, 0.3) is 0 Å². The van der Waals surface area contributed by atoms with E-state index < -0.39 is 17.6 Å². The van der Waals surface area contributed by atoms with E-state index in [2.05, 4.69) is 20.9 Å². The lowest BCUT2D eigenvalue weighted by Gasteiger charge is -2.42. The third-order valence-electron chi connectivity index (χ3n) is 6.15. The zero-order valence-corrected chi connectivity index (χ0v) is 20.2. The van der Waals surface area contributed by atoms with Crippen LogP contribution in [0.3, 0.4) is 0 Å². The Morgan fingerprint density at radius 2 is 1.78 bits per heavy atom. The third kappa shape index (κ3) is 7.36. The van der Waals surface area contributed by atoms with Gasteiger partial charge in [-0.25, -0.2) is 9.59 Å². The Kier molecular flexibility index (Phi) is 8.89. The standard InChI is InChI=1S/C22H39N5O5/c1-14(27(20(30)23-5)17-11-12-18(28)25-19(17)29)26(6)13-15-7-9-16(10-8-15)24-21(31)32-22(2,3)4/h14-17H,7-13H2,1-6H3,(H,23,30)(H,24,31)(H,25,28,29)/t14?,15-,16-,17?. The van der Waals surface area contributed by atoms with Crippen LogP contribution in [0.2, 0.25) is 0 Å². The topological polar surface area (TPSA) is 120 Å². The van der Waals surface area contributed by atoms with Crippen molar-refractivity contribution in [2.75, 3.05) is 20.6 Å². The maximum absolute atomic E-state index is 12.6. The van der Waals surface area contributed by atoms with Crippen LogP contribution in [0, 0.1) is 5.92 Å². The van der Waals surface area contributed by atoms with Gasteiger partial charge in [-0.2, -0.15) is 0 Å². The van der Waals surface area contributed by atoms with Gasteiger partial charge in [-0.3, -0.25) is 24.7 Å². The first-order valence-electron chi connectivity index (χ1n) is 11.4. The molecular weight excluding hydrogens is 414 g/mol. The lowest BCUT2D eigenvalue weighted by atomic mass is 9.85. The summed E-state index contributed by atoms with van der Waals surface area (Å²) >= 11 is 0. The molecule has 2 atom stereocenters. The van der Waals surface area contributed by atoms with Crippen LogP contribution in [-0.4, -0.2) is 78.2 Å². The number of rotatable bonds is 6. The molecule has 1 saturated heterocycles. The van der Waals surface area contributed by atoms with Crippen LogP contribution in [0.15, 0.2) is 0 Å². The number of alkyl carbamates (subject to hydrolysis) is 1. The van der Waals surface area contributed by atoms with Crippen molar-refractivity contribution in [2.24, 2.45) is 5.92 Å². The largest absolute Gasteiger partial charge is 0.444 e. The maximum Gasteiger partial charge on any atom is 0.407 e. The molecule has 1 aliphatic carbocycles. The normalized spacial score (nSPS) is 25.0. The fourth-order valence-corrected chi connectivity index (χ4v) is 4.38. The van der Waals surface area contributed by atoms with Gasteiger partial charge in [-0.05, 0) is 72.8 Å².